The minimum Gasteiger partial charge on any atom is -0.368 e. The molecule has 20 heavy (non-hydrogen) atoms. The second-order valence-electron chi connectivity index (χ2n) is 6.53. The summed E-state index contributed by atoms with van der Waals surface area (Å²) in [5.41, 5.74) is 5.38. The first-order valence-electron chi connectivity index (χ1n) is 7.62. The van der Waals surface area contributed by atoms with Crippen LogP contribution in [0.4, 0.5) is 0 Å². The van der Waals surface area contributed by atoms with Crippen molar-refractivity contribution in [3.8, 4) is 0 Å². The Morgan fingerprint density at radius 3 is 2.60 bits per heavy atom. The summed E-state index contributed by atoms with van der Waals surface area (Å²) in [4.78, 5) is 4.61. The van der Waals surface area contributed by atoms with Crippen molar-refractivity contribution in [3.05, 3.63) is 11.7 Å². The van der Waals surface area contributed by atoms with Gasteiger partial charge in [0.15, 0.2) is 0 Å². The number of hydrogen-bond acceptors (Lipinski definition) is 5. The predicted octanol–water partition coefficient (Wildman–Crippen LogP) is 2.75. The Bertz CT molecular complexity index is 434. The van der Waals surface area contributed by atoms with E-state index in [2.05, 4.69) is 17.1 Å². The maximum absolute atomic E-state index is 6.03. The van der Waals surface area contributed by atoms with Crippen LogP contribution in [-0.4, -0.2) is 23.3 Å². The van der Waals surface area contributed by atoms with Crippen LogP contribution < -0.4 is 5.73 Å². The molecule has 5 nitrogen and oxygen atoms in total. The smallest absolute Gasteiger partial charge is 0.234 e. The van der Waals surface area contributed by atoms with Gasteiger partial charge >= 0.3 is 0 Å². The number of rotatable bonds is 5. The van der Waals surface area contributed by atoms with Crippen LogP contribution in [0, 0.1) is 5.92 Å². The lowest BCUT2D eigenvalue weighted by Gasteiger charge is -2.35. The summed E-state index contributed by atoms with van der Waals surface area (Å²) in [6.07, 6.45) is 4.40. The molecule has 0 spiro atoms. The molecule has 0 atom stereocenters. The van der Waals surface area contributed by atoms with Crippen molar-refractivity contribution < 1.29 is 9.26 Å². The molecule has 1 fully saturated rings. The highest BCUT2D eigenvalue weighted by Gasteiger charge is 2.41. The van der Waals surface area contributed by atoms with Crippen LogP contribution in [0.2, 0.25) is 0 Å². The Labute approximate surface area is 121 Å². The Morgan fingerprint density at radius 2 is 2.05 bits per heavy atom. The second kappa shape index (κ2) is 5.82. The molecule has 1 aliphatic carbocycles. The third-order valence-corrected chi connectivity index (χ3v) is 4.55. The van der Waals surface area contributed by atoms with E-state index in [-0.39, 0.29) is 5.41 Å². The fraction of sp³-hybridized carbons (Fsp3) is 0.867. The number of aromatic nitrogens is 2. The highest BCUT2D eigenvalue weighted by Crippen LogP contribution is 2.40. The normalized spacial score (nSPS) is 27.8. The second-order valence-corrected chi connectivity index (χ2v) is 6.53. The highest BCUT2D eigenvalue weighted by atomic mass is 16.5. The molecular formula is C15H27N3O2. The Kier molecular flexibility index (Phi) is 4.49. The zero-order valence-electron chi connectivity index (χ0n) is 13.1. The van der Waals surface area contributed by atoms with E-state index in [4.69, 9.17) is 15.0 Å². The summed E-state index contributed by atoms with van der Waals surface area (Å²) < 4.78 is 11.2. The van der Waals surface area contributed by atoms with E-state index >= 15 is 0 Å². The van der Waals surface area contributed by atoms with Gasteiger partial charge in [-0.2, -0.15) is 4.98 Å². The minimum absolute atomic E-state index is 0.139. The Morgan fingerprint density at radius 1 is 1.40 bits per heavy atom. The molecule has 1 aromatic rings. The molecule has 0 saturated heterocycles. The van der Waals surface area contributed by atoms with Crippen LogP contribution in [0.1, 0.15) is 65.1 Å². The lowest BCUT2D eigenvalue weighted by molar-refractivity contribution is -0.0221. The van der Waals surface area contributed by atoms with Gasteiger partial charge in [-0.3, -0.25) is 0 Å². The van der Waals surface area contributed by atoms with Crippen molar-refractivity contribution in [2.75, 3.05) is 13.2 Å². The molecule has 5 heteroatoms. The quantitative estimate of drug-likeness (QED) is 0.898. The fourth-order valence-electron chi connectivity index (χ4n) is 2.93. The molecule has 2 rings (SSSR count). The molecule has 0 aromatic carbocycles. The molecule has 0 aliphatic heterocycles. The van der Waals surface area contributed by atoms with E-state index in [1.807, 2.05) is 20.8 Å². The first-order valence-corrected chi connectivity index (χ1v) is 7.62. The molecule has 0 unspecified atom stereocenters. The largest absolute Gasteiger partial charge is 0.368 e. The molecule has 1 aliphatic rings. The van der Waals surface area contributed by atoms with Gasteiger partial charge in [-0.25, -0.2) is 0 Å². The van der Waals surface area contributed by atoms with Gasteiger partial charge in [0, 0.05) is 13.2 Å². The van der Waals surface area contributed by atoms with Gasteiger partial charge in [-0.1, -0.05) is 12.1 Å². The third kappa shape index (κ3) is 2.88. The lowest BCUT2D eigenvalue weighted by Crippen LogP contribution is -2.39. The van der Waals surface area contributed by atoms with Gasteiger partial charge in [-0.05, 0) is 52.4 Å². The monoisotopic (exact) mass is 281 g/mol. The molecule has 1 saturated carbocycles. The van der Waals surface area contributed by atoms with Gasteiger partial charge in [0.1, 0.15) is 5.60 Å². The standard InChI is InChI=1S/C15H27N3O2/c1-5-19-14(3,4)12-17-13(20-18-12)15(10-16)8-6-11(2)7-9-15/h11H,5-10,16H2,1-4H3. The molecule has 1 aromatic heterocycles. The van der Waals surface area contributed by atoms with Crippen LogP contribution >= 0.6 is 0 Å². The molecule has 1 heterocycles. The van der Waals surface area contributed by atoms with E-state index in [0.717, 1.165) is 18.8 Å². The van der Waals surface area contributed by atoms with Crippen LogP contribution in [0.5, 0.6) is 0 Å². The summed E-state index contributed by atoms with van der Waals surface area (Å²) in [6, 6.07) is 0. The maximum Gasteiger partial charge on any atom is 0.234 e. The minimum atomic E-state index is -0.520. The van der Waals surface area contributed by atoms with E-state index in [9.17, 15) is 0 Å². The summed E-state index contributed by atoms with van der Waals surface area (Å²) in [5.74, 6) is 2.06. The molecule has 114 valence electrons. The SMILES string of the molecule is CCOC(C)(C)c1noc(C2(CN)CCC(C)CC2)n1. The van der Waals surface area contributed by atoms with E-state index < -0.39 is 5.60 Å². The molecule has 2 N–H and O–H groups in total. The number of ether oxygens (including phenoxy) is 1. The van der Waals surface area contributed by atoms with Gasteiger partial charge in [0.25, 0.3) is 0 Å². The van der Waals surface area contributed by atoms with Crippen LogP contribution in [0.3, 0.4) is 0 Å². The number of nitrogens with zero attached hydrogens (tertiary/aromatic N) is 2. The lowest BCUT2D eigenvalue weighted by atomic mass is 9.71. The van der Waals surface area contributed by atoms with Gasteiger partial charge in [0.05, 0.1) is 5.41 Å². The third-order valence-electron chi connectivity index (χ3n) is 4.55. The average molecular weight is 281 g/mol. The van der Waals surface area contributed by atoms with Crippen LogP contribution in [0.25, 0.3) is 0 Å². The van der Waals surface area contributed by atoms with Gasteiger partial charge in [0.2, 0.25) is 11.7 Å². The summed E-state index contributed by atoms with van der Waals surface area (Å²) in [7, 11) is 0. The molecule has 0 radical (unpaired) electrons. The van der Waals surface area contributed by atoms with E-state index in [0.29, 0.717) is 24.9 Å². The summed E-state index contributed by atoms with van der Waals surface area (Å²) in [5, 5.41) is 4.13. The average Bonchev–Trinajstić information content (AvgIpc) is 2.91. The van der Waals surface area contributed by atoms with Gasteiger partial charge < -0.3 is 15.0 Å². The zero-order valence-corrected chi connectivity index (χ0v) is 13.1. The summed E-state index contributed by atoms with van der Waals surface area (Å²) in [6.45, 7) is 9.36. The van der Waals surface area contributed by atoms with Crippen molar-refractivity contribution >= 4 is 0 Å². The van der Waals surface area contributed by atoms with Crippen LogP contribution in [0.15, 0.2) is 4.52 Å². The summed E-state index contributed by atoms with van der Waals surface area (Å²) >= 11 is 0. The van der Waals surface area contributed by atoms with Crippen LogP contribution in [-0.2, 0) is 15.8 Å². The molecule has 0 bridgehead atoms. The van der Waals surface area contributed by atoms with Crippen molar-refractivity contribution in [1.29, 1.82) is 0 Å². The molecular weight excluding hydrogens is 254 g/mol. The van der Waals surface area contributed by atoms with Gasteiger partial charge in [-0.15, -0.1) is 0 Å². The van der Waals surface area contributed by atoms with Crippen molar-refractivity contribution in [3.63, 3.8) is 0 Å². The van der Waals surface area contributed by atoms with E-state index in [1.54, 1.807) is 0 Å². The first-order chi connectivity index (χ1) is 9.43. The maximum atomic E-state index is 6.03. The highest BCUT2D eigenvalue weighted by molar-refractivity contribution is 5.10. The predicted molar refractivity (Wildman–Crippen MR) is 77.3 cm³/mol. The van der Waals surface area contributed by atoms with Crippen molar-refractivity contribution in [2.24, 2.45) is 11.7 Å². The topological polar surface area (TPSA) is 74.2 Å². The van der Waals surface area contributed by atoms with Crippen molar-refractivity contribution in [2.45, 2.75) is 64.4 Å². The fourth-order valence-corrected chi connectivity index (χ4v) is 2.93. The number of hydrogen-bond donors (Lipinski definition) is 1. The number of nitrogens with two attached hydrogens (primary N) is 1. The zero-order chi connectivity index (χ0) is 14.8. The Balaban J connectivity index is 2.22. The van der Waals surface area contributed by atoms with E-state index in [1.165, 1.54) is 12.8 Å². The Hall–Kier alpha value is -0.940. The van der Waals surface area contributed by atoms with Crippen molar-refractivity contribution in [1.82, 2.24) is 10.1 Å². The molecule has 0 amide bonds. The first kappa shape index (κ1) is 15.4.